The fourth-order valence-electron chi connectivity index (χ4n) is 1.08. The molecule has 5 heteroatoms. The van der Waals surface area contributed by atoms with Gasteiger partial charge in [0.15, 0.2) is 0 Å². The van der Waals surface area contributed by atoms with Crippen LogP contribution < -0.4 is 4.72 Å². The summed E-state index contributed by atoms with van der Waals surface area (Å²) in [6.45, 7) is 7.19. The van der Waals surface area contributed by atoms with Crippen LogP contribution in [-0.2, 0) is 0 Å². The Morgan fingerprint density at radius 1 is 1.41 bits per heavy atom. The lowest BCUT2D eigenvalue weighted by Crippen LogP contribution is -2.01. The highest BCUT2D eigenvalue weighted by molar-refractivity contribution is 7.97. The van der Waals surface area contributed by atoms with Crippen LogP contribution in [0, 0.1) is 10.1 Å². The second kappa shape index (κ2) is 6.55. The molecule has 0 bridgehead atoms. The van der Waals surface area contributed by atoms with E-state index >= 15 is 0 Å². The van der Waals surface area contributed by atoms with Crippen LogP contribution in [-0.4, -0.2) is 4.92 Å². The Hall–Kier alpha value is -2.01. The molecule has 4 nitrogen and oxygen atoms in total. The van der Waals surface area contributed by atoms with Crippen molar-refractivity contribution in [2.75, 3.05) is 0 Å². The molecule has 0 aromatic heterocycles. The van der Waals surface area contributed by atoms with Gasteiger partial charge in [0.2, 0.25) is 0 Å². The third-order valence-corrected chi connectivity index (χ3v) is 2.76. The molecule has 17 heavy (non-hydrogen) atoms. The molecule has 0 radical (unpaired) electrons. The predicted octanol–water partition coefficient (Wildman–Crippen LogP) is 3.45. The number of nitrogens with one attached hydrogen (secondary N) is 1. The second-order valence-corrected chi connectivity index (χ2v) is 3.84. The predicted molar refractivity (Wildman–Crippen MR) is 70.6 cm³/mol. The smallest absolute Gasteiger partial charge is 0.284 e. The van der Waals surface area contributed by atoms with Crippen molar-refractivity contribution in [3.05, 3.63) is 71.5 Å². The van der Waals surface area contributed by atoms with E-state index in [9.17, 15) is 10.1 Å². The van der Waals surface area contributed by atoms with E-state index in [-0.39, 0.29) is 5.69 Å². The summed E-state index contributed by atoms with van der Waals surface area (Å²) in [5.41, 5.74) is 0.815. The number of hydrogen-bond acceptors (Lipinski definition) is 4. The number of rotatable bonds is 6. The van der Waals surface area contributed by atoms with Crippen LogP contribution in [0.2, 0.25) is 0 Å². The monoisotopic (exact) mass is 248 g/mol. The summed E-state index contributed by atoms with van der Waals surface area (Å²) in [5, 5.41) is 10.8. The van der Waals surface area contributed by atoms with Crippen molar-refractivity contribution in [3.8, 4) is 0 Å². The summed E-state index contributed by atoms with van der Waals surface area (Å²) in [7, 11) is 0. The fourth-order valence-corrected chi connectivity index (χ4v) is 1.85. The lowest BCUT2D eigenvalue weighted by molar-refractivity contribution is -0.387. The minimum Gasteiger partial charge on any atom is -0.325 e. The van der Waals surface area contributed by atoms with Gasteiger partial charge in [0.25, 0.3) is 5.69 Å². The fraction of sp³-hybridized carbons (Fsp3) is 0. The minimum absolute atomic E-state index is 0.0759. The first kappa shape index (κ1) is 13.1. The molecule has 1 aromatic carbocycles. The van der Waals surface area contributed by atoms with E-state index < -0.39 is 4.92 Å². The average molecular weight is 248 g/mol. The summed E-state index contributed by atoms with van der Waals surface area (Å²) >= 11 is 1.17. The van der Waals surface area contributed by atoms with Gasteiger partial charge in [-0.3, -0.25) is 10.1 Å². The maximum Gasteiger partial charge on any atom is 0.284 e. The Bertz CT molecular complexity index is 469. The first-order valence-corrected chi connectivity index (χ1v) is 5.62. The van der Waals surface area contributed by atoms with Crippen molar-refractivity contribution in [1.82, 2.24) is 4.72 Å². The zero-order valence-electron chi connectivity index (χ0n) is 9.13. The summed E-state index contributed by atoms with van der Waals surface area (Å²) in [6, 6.07) is 6.54. The van der Waals surface area contributed by atoms with Gasteiger partial charge in [0.05, 0.1) is 4.92 Å². The van der Waals surface area contributed by atoms with Crippen molar-refractivity contribution in [2.24, 2.45) is 0 Å². The van der Waals surface area contributed by atoms with Crippen LogP contribution >= 0.6 is 11.9 Å². The van der Waals surface area contributed by atoms with Gasteiger partial charge in [-0.15, -0.1) is 0 Å². The maximum absolute atomic E-state index is 10.8. The number of benzene rings is 1. The molecule has 0 saturated heterocycles. The number of nitro groups is 1. The van der Waals surface area contributed by atoms with Gasteiger partial charge in [-0.2, -0.15) is 0 Å². The van der Waals surface area contributed by atoms with E-state index in [1.54, 1.807) is 36.4 Å². The summed E-state index contributed by atoms with van der Waals surface area (Å²) < 4.78 is 2.97. The molecule has 0 fully saturated rings. The first-order valence-electron chi connectivity index (χ1n) is 4.80. The third-order valence-electron chi connectivity index (χ3n) is 1.86. The molecule has 0 atom stereocenters. The van der Waals surface area contributed by atoms with E-state index in [0.717, 1.165) is 5.70 Å². The van der Waals surface area contributed by atoms with E-state index in [1.807, 2.05) is 0 Å². The molecule has 0 aliphatic heterocycles. The standard InChI is InChI=1S/C12H12N2O2S/c1-3-7-10(4-2)13-17-12-9-6-5-8-11(12)14(15)16/h3-9,13H,1-2H2/b10-7+. The SMILES string of the molecule is C=C/C=C(\C=C)NSc1ccccc1[N+](=O)[O-]. The quantitative estimate of drug-likeness (QED) is 0.362. The van der Waals surface area contributed by atoms with Gasteiger partial charge in [0, 0.05) is 11.8 Å². The molecule has 1 aromatic rings. The third kappa shape index (κ3) is 3.81. The van der Waals surface area contributed by atoms with Gasteiger partial charge in [-0.25, -0.2) is 0 Å². The average Bonchev–Trinajstić information content (AvgIpc) is 2.34. The van der Waals surface area contributed by atoms with Crippen LogP contribution in [0.25, 0.3) is 0 Å². The topological polar surface area (TPSA) is 55.2 Å². The van der Waals surface area contributed by atoms with Crippen LogP contribution in [0.3, 0.4) is 0 Å². The van der Waals surface area contributed by atoms with E-state index in [0.29, 0.717) is 4.90 Å². The van der Waals surface area contributed by atoms with E-state index in [4.69, 9.17) is 0 Å². The molecule has 0 aliphatic rings. The molecule has 0 saturated carbocycles. The van der Waals surface area contributed by atoms with E-state index in [1.165, 1.54) is 18.0 Å². The van der Waals surface area contributed by atoms with Crippen molar-refractivity contribution in [3.63, 3.8) is 0 Å². The van der Waals surface area contributed by atoms with Crippen molar-refractivity contribution >= 4 is 17.6 Å². The Kier molecular flexibility index (Phi) is 5.03. The van der Waals surface area contributed by atoms with Gasteiger partial charge in [-0.05, 0) is 30.2 Å². The van der Waals surface area contributed by atoms with Crippen molar-refractivity contribution in [2.45, 2.75) is 4.90 Å². The van der Waals surface area contributed by atoms with Gasteiger partial charge < -0.3 is 4.72 Å². The molecule has 0 heterocycles. The Labute approximate surface area is 104 Å². The summed E-state index contributed by atoms with van der Waals surface area (Å²) in [5.74, 6) is 0. The molecule has 0 amide bonds. The largest absolute Gasteiger partial charge is 0.325 e. The zero-order chi connectivity index (χ0) is 12.7. The lowest BCUT2D eigenvalue weighted by Gasteiger charge is -2.05. The summed E-state index contributed by atoms with van der Waals surface area (Å²) in [6.07, 6.45) is 4.96. The Morgan fingerprint density at radius 3 is 2.71 bits per heavy atom. The first-order chi connectivity index (χ1) is 8.19. The molecular weight excluding hydrogens is 236 g/mol. The Morgan fingerprint density at radius 2 is 2.12 bits per heavy atom. The molecule has 0 aliphatic carbocycles. The van der Waals surface area contributed by atoms with Crippen molar-refractivity contribution < 1.29 is 4.92 Å². The number of nitrogens with zero attached hydrogens (tertiary/aromatic N) is 1. The highest BCUT2D eigenvalue weighted by Crippen LogP contribution is 2.27. The highest BCUT2D eigenvalue weighted by atomic mass is 32.2. The number of allylic oxidation sites excluding steroid dienone is 3. The van der Waals surface area contributed by atoms with Gasteiger partial charge in [0.1, 0.15) is 4.90 Å². The van der Waals surface area contributed by atoms with Crippen LogP contribution in [0.4, 0.5) is 5.69 Å². The summed E-state index contributed by atoms with van der Waals surface area (Å²) in [4.78, 5) is 10.9. The second-order valence-electron chi connectivity index (χ2n) is 2.99. The maximum atomic E-state index is 10.8. The van der Waals surface area contributed by atoms with Crippen molar-refractivity contribution in [1.29, 1.82) is 0 Å². The Balaban J connectivity index is 2.82. The normalized spacial score (nSPS) is 10.7. The lowest BCUT2D eigenvalue weighted by atomic mass is 10.3. The highest BCUT2D eigenvalue weighted by Gasteiger charge is 2.12. The zero-order valence-corrected chi connectivity index (χ0v) is 9.94. The van der Waals surface area contributed by atoms with Gasteiger partial charge >= 0.3 is 0 Å². The molecular formula is C12H12N2O2S. The molecule has 1 rings (SSSR count). The van der Waals surface area contributed by atoms with Crippen LogP contribution in [0.1, 0.15) is 0 Å². The van der Waals surface area contributed by atoms with Crippen LogP contribution in [0.5, 0.6) is 0 Å². The van der Waals surface area contributed by atoms with Crippen LogP contribution in [0.15, 0.2) is 66.2 Å². The number of nitro benzene ring substituents is 1. The van der Waals surface area contributed by atoms with Gasteiger partial charge in [-0.1, -0.05) is 31.4 Å². The molecule has 0 spiro atoms. The number of para-hydroxylation sites is 1. The number of hydrogen-bond donors (Lipinski definition) is 1. The molecule has 88 valence electrons. The van der Waals surface area contributed by atoms with E-state index in [2.05, 4.69) is 17.9 Å². The molecule has 0 unspecified atom stereocenters. The minimum atomic E-state index is -0.408. The molecule has 1 N–H and O–H groups in total.